The molecule has 1 aliphatic carbocycles. The van der Waals surface area contributed by atoms with Gasteiger partial charge in [0.2, 0.25) is 5.91 Å². The number of aliphatic hydroxyl groups is 1. The lowest BCUT2D eigenvalue weighted by Gasteiger charge is -2.37. The molecule has 0 spiro atoms. The molecule has 0 heterocycles. The highest BCUT2D eigenvalue weighted by Gasteiger charge is 2.28. The first kappa shape index (κ1) is 15.5. The van der Waals surface area contributed by atoms with Crippen LogP contribution in [0.2, 0.25) is 0 Å². The maximum absolute atomic E-state index is 12.4. The normalized spacial score (nSPS) is 16.6. The molecule has 20 heavy (non-hydrogen) atoms. The Bertz CT molecular complexity index is 442. The molecule has 1 aliphatic rings. The molecule has 0 saturated heterocycles. The Balaban J connectivity index is 1.96. The van der Waals surface area contributed by atoms with E-state index in [9.17, 15) is 4.79 Å². The van der Waals surface area contributed by atoms with Gasteiger partial charge in [0.15, 0.2) is 0 Å². The number of nitrogens with zero attached hydrogens (tertiary/aromatic N) is 1. The number of amides is 1. The summed E-state index contributed by atoms with van der Waals surface area (Å²) in [4.78, 5) is 14.3. The fraction of sp³-hybridized carbons (Fsp3) is 0.562. The van der Waals surface area contributed by atoms with Crippen molar-refractivity contribution in [1.82, 2.24) is 4.90 Å². The van der Waals surface area contributed by atoms with E-state index in [1.807, 2.05) is 17.0 Å². The lowest BCUT2D eigenvalue weighted by molar-refractivity contribution is -0.136. The molecule has 1 atom stereocenters. The Hall–Kier alpha value is -0.870. The average molecular weight is 340 g/mol. The van der Waals surface area contributed by atoms with Gasteiger partial charge in [-0.2, -0.15) is 0 Å². The Morgan fingerprint density at radius 2 is 2.05 bits per heavy atom. The van der Waals surface area contributed by atoms with Gasteiger partial charge in [0.25, 0.3) is 0 Å². The molecule has 0 aliphatic heterocycles. The van der Waals surface area contributed by atoms with E-state index >= 15 is 0 Å². The number of carbonyl (C=O) groups is 1. The van der Waals surface area contributed by atoms with Crippen LogP contribution >= 0.6 is 15.9 Å². The maximum atomic E-state index is 12.4. The molecule has 4 heteroatoms. The van der Waals surface area contributed by atoms with Crippen molar-refractivity contribution in [3.63, 3.8) is 0 Å². The maximum Gasteiger partial charge on any atom is 0.223 e. The molecule has 1 unspecified atom stereocenters. The number of hydrogen-bond donors (Lipinski definition) is 1. The minimum absolute atomic E-state index is 0.0505. The predicted octanol–water partition coefficient (Wildman–Crippen LogP) is 3.32. The first-order chi connectivity index (χ1) is 9.61. The number of hydrogen-bond acceptors (Lipinski definition) is 2. The van der Waals surface area contributed by atoms with E-state index in [0.29, 0.717) is 19.0 Å². The highest BCUT2D eigenvalue weighted by Crippen LogP contribution is 2.27. The molecule has 1 aromatic rings. The van der Waals surface area contributed by atoms with Crippen molar-refractivity contribution in [3.8, 4) is 0 Å². The van der Waals surface area contributed by atoms with Crippen molar-refractivity contribution in [2.24, 2.45) is 0 Å². The van der Waals surface area contributed by atoms with Gasteiger partial charge in [-0.25, -0.2) is 0 Å². The Labute approximate surface area is 129 Å². The third-order valence-electron chi connectivity index (χ3n) is 4.10. The van der Waals surface area contributed by atoms with Crippen LogP contribution in [0.25, 0.3) is 0 Å². The zero-order valence-electron chi connectivity index (χ0n) is 11.9. The monoisotopic (exact) mass is 339 g/mol. The van der Waals surface area contributed by atoms with Crippen LogP contribution < -0.4 is 0 Å². The summed E-state index contributed by atoms with van der Waals surface area (Å²) in [6.45, 7) is 2.60. The lowest BCUT2D eigenvalue weighted by atomic mass is 9.90. The predicted molar refractivity (Wildman–Crippen MR) is 83.6 cm³/mol. The summed E-state index contributed by atoms with van der Waals surface area (Å²) in [5.41, 5.74) is 1.18. The molecular weight excluding hydrogens is 318 g/mol. The molecule has 1 amide bonds. The van der Waals surface area contributed by atoms with Crippen molar-refractivity contribution in [1.29, 1.82) is 0 Å². The third-order valence-corrected chi connectivity index (χ3v) is 4.63. The van der Waals surface area contributed by atoms with Crippen molar-refractivity contribution >= 4 is 21.8 Å². The van der Waals surface area contributed by atoms with E-state index in [1.165, 1.54) is 12.0 Å². The first-order valence-electron chi connectivity index (χ1n) is 7.27. The Morgan fingerprint density at radius 1 is 1.40 bits per heavy atom. The van der Waals surface area contributed by atoms with Gasteiger partial charge in [-0.15, -0.1) is 0 Å². The van der Waals surface area contributed by atoms with Gasteiger partial charge in [0.1, 0.15) is 0 Å². The van der Waals surface area contributed by atoms with E-state index in [-0.39, 0.29) is 18.4 Å². The van der Waals surface area contributed by atoms with Crippen LogP contribution in [-0.4, -0.2) is 35.1 Å². The Morgan fingerprint density at radius 3 is 2.55 bits per heavy atom. The number of benzene rings is 1. The lowest BCUT2D eigenvalue weighted by Crippen LogP contribution is -2.45. The van der Waals surface area contributed by atoms with Crippen LogP contribution in [0.3, 0.4) is 0 Å². The van der Waals surface area contributed by atoms with Crippen molar-refractivity contribution < 1.29 is 9.90 Å². The van der Waals surface area contributed by atoms with Crippen molar-refractivity contribution in [2.75, 3.05) is 13.2 Å². The topological polar surface area (TPSA) is 40.5 Å². The van der Waals surface area contributed by atoms with Gasteiger partial charge in [0, 0.05) is 23.5 Å². The van der Waals surface area contributed by atoms with Crippen LogP contribution in [0.15, 0.2) is 28.7 Å². The van der Waals surface area contributed by atoms with Gasteiger partial charge in [0.05, 0.1) is 6.61 Å². The standard InChI is InChI=1S/C16H22BrNO2/c1-12(13-5-7-14(17)8-6-13)11-16(20)18(9-10-19)15-3-2-4-15/h5-8,12,15,19H,2-4,9-11H2,1H3. The number of rotatable bonds is 6. The van der Waals surface area contributed by atoms with Gasteiger partial charge >= 0.3 is 0 Å². The summed E-state index contributed by atoms with van der Waals surface area (Å²) in [5.74, 6) is 0.371. The first-order valence-corrected chi connectivity index (χ1v) is 8.07. The minimum atomic E-state index is 0.0505. The molecule has 110 valence electrons. The zero-order valence-corrected chi connectivity index (χ0v) is 13.5. The number of halogens is 1. The van der Waals surface area contributed by atoms with Gasteiger partial charge in [-0.05, 0) is 42.9 Å². The van der Waals surface area contributed by atoms with E-state index < -0.39 is 0 Å². The molecule has 2 rings (SSSR count). The van der Waals surface area contributed by atoms with Gasteiger partial charge in [-0.1, -0.05) is 35.0 Å². The fourth-order valence-electron chi connectivity index (χ4n) is 2.61. The summed E-state index contributed by atoms with van der Waals surface area (Å²) < 4.78 is 1.05. The molecule has 0 radical (unpaired) electrons. The van der Waals surface area contributed by atoms with Crippen LogP contribution in [-0.2, 0) is 4.79 Å². The third kappa shape index (κ3) is 3.83. The smallest absolute Gasteiger partial charge is 0.223 e. The van der Waals surface area contributed by atoms with E-state index in [2.05, 4.69) is 35.0 Å². The van der Waals surface area contributed by atoms with Crippen LogP contribution in [0.4, 0.5) is 0 Å². The number of aliphatic hydroxyl groups excluding tert-OH is 1. The summed E-state index contributed by atoms with van der Waals surface area (Å²) in [7, 11) is 0. The minimum Gasteiger partial charge on any atom is -0.395 e. The molecule has 0 aromatic heterocycles. The van der Waals surface area contributed by atoms with Crippen molar-refractivity contribution in [3.05, 3.63) is 34.3 Å². The SMILES string of the molecule is CC(CC(=O)N(CCO)C1CCC1)c1ccc(Br)cc1. The van der Waals surface area contributed by atoms with Crippen molar-refractivity contribution in [2.45, 2.75) is 44.6 Å². The van der Waals surface area contributed by atoms with E-state index in [1.54, 1.807) is 0 Å². The largest absolute Gasteiger partial charge is 0.395 e. The summed E-state index contributed by atoms with van der Waals surface area (Å²) >= 11 is 3.42. The average Bonchev–Trinajstić information content (AvgIpc) is 2.36. The van der Waals surface area contributed by atoms with Crippen LogP contribution in [0.1, 0.15) is 44.1 Å². The highest BCUT2D eigenvalue weighted by atomic mass is 79.9. The van der Waals surface area contributed by atoms with Crippen LogP contribution in [0.5, 0.6) is 0 Å². The summed E-state index contributed by atoms with van der Waals surface area (Å²) in [6.07, 6.45) is 3.87. The quantitative estimate of drug-likeness (QED) is 0.863. The second-order valence-corrected chi connectivity index (χ2v) is 6.47. The van der Waals surface area contributed by atoms with Gasteiger partial charge < -0.3 is 10.0 Å². The molecule has 1 N–H and O–H groups in total. The molecule has 0 bridgehead atoms. The second-order valence-electron chi connectivity index (χ2n) is 5.55. The fourth-order valence-corrected chi connectivity index (χ4v) is 2.87. The van der Waals surface area contributed by atoms with Gasteiger partial charge in [-0.3, -0.25) is 4.79 Å². The summed E-state index contributed by atoms with van der Waals surface area (Å²) in [5, 5.41) is 9.14. The molecule has 1 fully saturated rings. The zero-order chi connectivity index (χ0) is 14.5. The van der Waals surface area contributed by atoms with Crippen LogP contribution in [0, 0.1) is 0 Å². The van der Waals surface area contributed by atoms with E-state index in [4.69, 9.17) is 5.11 Å². The number of carbonyl (C=O) groups excluding carboxylic acids is 1. The highest BCUT2D eigenvalue weighted by molar-refractivity contribution is 9.10. The summed E-state index contributed by atoms with van der Waals surface area (Å²) in [6, 6.07) is 8.48. The second kappa shape index (κ2) is 7.23. The molecular formula is C16H22BrNO2. The van der Waals surface area contributed by atoms with E-state index in [0.717, 1.165) is 17.3 Å². The Kier molecular flexibility index (Phi) is 5.61. The molecule has 1 aromatic carbocycles. The molecule has 3 nitrogen and oxygen atoms in total. The molecule has 1 saturated carbocycles.